The summed E-state index contributed by atoms with van der Waals surface area (Å²) in [4.78, 5) is 8.84. The highest BCUT2D eigenvalue weighted by Gasteiger charge is 2.28. The summed E-state index contributed by atoms with van der Waals surface area (Å²) in [6.45, 7) is 8.86. The molecule has 1 saturated heterocycles. The summed E-state index contributed by atoms with van der Waals surface area (Å²) in [6, 6.07) is 0.496. The normalized spacial score (nSPS) is 21.8. The van der Waals surface area contributed by atoms with Crippen molar-refractivity contribution in [3.8, 4) is 0 Å². The molecule has 2 heterocycles. The van der Waals surface area contributed by atoms with Crippen LogP contribution in [0.4, 0.5) is 0 Å². The van der Waals surface area contributed by atoms with Crippen LogP contribution in [0.25, 0.3) is 0 Å². The Morgan fingerprint density at radius 1 is 1.42 bits per heavy atom. The molecule has 19 heavy (non-hydrogen) atoms. The van der Waals surface area contributed by atoms with Gasteiger partial charge >= 0.3 is 0 Å². The maximum absolute atomic E-state index is 5.00. The number of aromatic nitrogens is 1. The third kappa shape index (κ3) is 3.51. The van der Waals surface area contributed by atoms with Gasteiger partial charge in [-0.2, -0.15) is 11.8 Å². The molecule has 1 aromatic rings. The van der Waals surface area contributed by atoms with Crippen molar-refractivity contribution in [2.45, 2.75) is 38.8 Å². The standard InChI is InChI=1S/C14H25N3S2/c1-14(2,3)12-11(8-15-4)19-13(16-12)10-9-18-7-6-17(10)5/h10,15H,6-9H2,1-5H3. The molecule has 0 spiro atoms. The van der Waals surface area contributed by atoms with Crippen LogP contribution < -0.4 is 5.32 Å². The van der Waals surface area contributed by atoms with Crippen molar-refractivity contribution in [2.24, 2.45) is 0 Å². The topological polar surface area (TPSA) is 28.2 Å². The quantitative estimate of drug-likeness (QED) is 0.929. The first-order chi connectivity index (χ1) is 8.93. The zero-order valence-electron chi connectivity index (χ0n) is 12.6. The largest absolute Gasteiger partial charge is 0.315 e. The Kier molecular flexibility index (Phi) is 4.93. The SMILES string of the molecule is CNCc1sc(C2CSCCN2C)nc1C(C)(C)C. The van der Waals surface area contributed by atoms with Crippen LogP contribution in [0.5, 0.6) is 0 Å². The van der Waals surface area contributed by atoms with E-state index in [1.54, 1.807) is 0 Å². The number of nitrogens with one attached hydrogen (secondary N) is 1. The van der Waals surface area contributed by atoms with Gasteiger partial charge in [0.1, 0.15) is 5.01 Å². The van der Waals surface area contributed by atoms with E-state index >= 15 is 0 Å². The van der Waals surface area contributed by atoms with Crippen LogP contribution in [-0.2, 0) is 12.0 Å². The van der Waals surface area contributed by atoms with Crippen molar-refractivity contribution >= 4 is 23.1 Å². The predicted octanol–water partition coefficient (Wildman–Crippen LogP) is 2.88. The lowest BCUT2D eigenvalue weighted by Crippen LogP contribution is -2.32. The molecule has 2 rings (SSSR count). The number of hydrogen-bond acceptors (Lipinski definition) is 5. The molecule has 108 valence electrons. The zero-order valence-corrected chi connectivity index (χ0v) is 14.2. The number of nitrogens with zero attached hydrogens (tertiary/aromatic N) is 2. The van der Waals surface area contributed by atoms with Crippen molar-refractivity contribution in [1.29, 1.82) is 0 Å². The van der Waals surface area contributed by atoms with E-state index in [1.807, 2.05) is 30.1 Å². The van der Waals surface area contributed by atoms with E-state index < -0.39 is 0 Å². The van der Waals surface area contributed by atoms with E-state index in [4.69, 9.17) is 4.98 Å². The molecular weight excluding hydrogens is 274 g/mol. The van der Waals surface area contributed by atoms with Crippen LogP contribution >= 0.6 is 23.1 Å². The Hall–Kier alpha value is -0.100. The second-order valence-electron chi connectivity index (χ2n) is 6.18. The fourth-order valence-corrected chi connectivity index (χ4v) is 5.10. The maximum Gasteiger partial charge on any atom is 0.111 e. The molecule has 1 atom stereocenters. The number of hydrogen-bond donors (Lipinski definition) is 1. The van der Waals surface area contributed by atoms with Gasteiger partial charge in [0.2, 0.25) is 0 Å². The van der Waals surface area contributed by atoms with Gasteiger partial charge in [0.05, 0.1) is 11.7 Å². The summed E-state index contributed by atoms with van der Waals surface area (Å²) in [5, 5.41) is 4.57. The van der Waals surface area contributed by atoms with Gasteiger partial charge in [-0.1, -0.05) is 20.8 Å². The van der Waals surface area contributed by atoms with Gasteiger partial charge in [-0.05, 0) is 14.1 Å². The third-order valence-electron chi connectivity index (χ3n) is 3.44. The third-order valence-corrected chi connectivity index (χ3v) is 5.62. The average molecular weight is 300 g/mol. The molecule has 3 nitrogen and oxygen atoms in total. The van der Waals surface area contributed by atoms with E-state index in [0.717, 1.165) is 6.54 Å². The minimum Gasteiger partial charge on any atom is -0.315 e. The van der Waals surface area contributed by atoms with Crippen molar-refractivity contribution in [3.05, 3.63) is 15.6 Å². The molecule has 1 N–H and O–H groups in total. The molecule has 0 aliphatic carbocycles. The Bertz CT molecular complexity index is 423. The second kappa shape index (κ2) is 6.12. The van der Waals surface area contributed by atoms with E-state index in [2.05, 4.69) is 38.0 Å². The second-order valence-corrected chi connectivity index (χ2v) is 8.44. The fourth-order valence-electron chi connectivity index (χ4n) is 2.33. The predicted molar refractivity (Wildman–Crippen MR) is 86.3 cm³/mol. The molecule has 1 aliphatic rings. The molecule has 0 bridgehead atoms. The minimum atomic E-state index is 0.126. The van der Waals surface area contributed by atoms with Crippen molar-refractivity contribution in [1.82, 2.24) is 15.2 Å². The molecule has 0 aromatic carbocycles. The van der Waals surface area contributed by atoms with Gasteiger partial charge in [-0.25, -0.2) is 4.98 Å². The van der Waals surface area contributed by atoms with E-state index in [0.29, 0.717) is 6.04 Å². The van der Waals surface area contributed by atoms with Crippen molar-refractivity contribution in [3.63, 3.8) is 0 Å². The van der Waals surface area contributed by atoms with Crippen molar-refractivity contribution in [2.75, 3.05) is 32.1 Å². The lowest BCUT2D eigenvalue weighted by molar-refractivity contribution is 0.273. The fraction of sp³-hybridized carbons (Fsp3) is 0.786. The van der Waals surface area contributed by atoms with E-state index in [1.165, 1.54) is 33.6 Å². The highest BCUT2D eigenvalue weighted by Crippen LogP contribution is 2.36. The monoisotopic (exact) mass is 299 g/mol. The minimum absolute atomic E-state index is 0.126. The van der Waals surface area contributed by atoms with Crippen LogP contribution in [0.3, 0.4) is 0 Å². The lowest BCUT2D eigenvalue weighted by atomic mass is 9.91. The summed E-state index contributed by atoms with van der Waals surface area (Å²) in [5.41, 5.74) is 1.40. The van der Waals surface area contributed by atoms with E-state index in [9.17, 15) is 0 Å². The van der Waals surface area contributed by atoms with Crippen LogP contribution in [0, 0.1) is 0 Å². The summed E-state index contributed by atoms with van der Waals surface area (Å²) < 4.78 is 0. The Labute approximate surface area is 125 Å². The molecule has 0 saturated carbocycles. The Balaban J connectivity index is 2.31. The number of thiazole rings is 1. The smallest absolute Gasteiger partial charge is 0.111 e. The highest BCUT2D eigenvalue weighted by molar-refractivity contribution is 7.99. The van der Waals surface area contributed by atoms with E-state index in [-0.39, 0.29) is 5.41 Å². The molecule has 5 heteroatoms. The first-order valence-corrected chi connectivity index (χ1v) is 8.83. The molecule has 0 radical (unpaired) electrons. The molecule has 1 aromatic heterocycles. The molecule has 1 aliphatic heterocycles. The zero-order chi connectivity index (χ0) is 14.0. The summed E-state index contributed by atoms with van der Waals surface area (Å²) >= 11 is 3.94. The first kappa shape index (κ1) is 15.3. The van der Waals surface area contributed by atoms with Gasteiger partial charge < -0.3 is 5.32 Å². The van der Waals surface area contributed by atoms with Crippen LogP contribution in [0.15, 0.2) is 0 Å². The maximum atomic E-state index is 5.00. The van der Waals surface area contributed by atoms with Gasteiger partial charge in [-0.15, -0.1) is 11.3 Å². The molecule has 1 fully saturated rings. The van der Waals surface area contributed by atoms with Gasteiger partial charge in [0.25, 0.3) is 0 Å². The van der Waals surface area contributed by atoms with Crippen molar-refractivity contribution < 1.29 is 0 Å². The van der Waals surface area contributed by atoms with Crippen LogP contribution in [0.2, 0.25) is 0 Å². The lowest BCUT2D eigenvalue weighted by Gasteiger charge is -2.30. The molecule has 0 amide bonds. The Morgan fingerprint density at radius 3 is 2.74 bits per heavy atom. The first-order valence-electron chi connectivity index (χ1n) is 6.86. The van der Waals surface area contributed by atoms with Gasteiger partial charge in [0, 0.05) is 34.9 Å². The Morgan fingerprint density at radius 2 is 2.16 bits per heavy atom. The van der Waals surface area contributed by atoms with Crippen LogP contribution in [-0.4, -0.2) is 42.0 Å². The van der Waals surface area contributed by atoms with Gasteiger partial charge in [0.15, 0.2) is 0 Å². The average Bonchev–Trinajstić information content (AvgIpc) is 2.74. The highest BCUT2D eigenvalue weighted by atomic mass is 32.2. The summed E-state index contributed by atoms with van der Waals surface area (Å²) in [6.07, 6.45) is 0. The summed E-state index contributed by atoms with van der Waals surface area (Å²) in [7, 11) is 4.23. The summed E-state index contributed by atoms with van der Waals surface area (Å²) in [5.74, 6) is 2.42. The number of thioether (sulfide) groups is 1. The molecule has 1 unspecified atom stereocenters. The van der Waals surface area contributed by atoms with Crippen LogP contribution in [0.1, 0.15) is 42.4 Å². The van der Waals surface area contributed by atoms with Gasteiger partial charge in [-0.3, -0.25) is 4.90 Å². The number of rotatable bonds is 3. The molecular formula is C14H25N3S2.